The average Bonchev–Trinajstić information content (AvgIpc) is 3.30. The van der Waals surface area contributed by atoms with E-state index in [9.17, 15) is 9.59 Å². The van der Waals surface area contributed by atoms with Crippen LogP contribution in [0.3, 0.4) is 0 Å². The number of nitrogens with two attached hydrogens (primary N) is 1. The topological polar surface area (TPSA) is 138 Å². The zero-order chi connectivity index (χ0) is 31.2. The number of benzene rings is 2. The molecule has 1 saturated heterocycles. The van der Waals surface area contributed by atoms with E-state index in [1.165, 1.54) is 11.8 Å². The van der Waals surface area contributed by atoms with Gasteiger partial charge >= 0.3 is 6.09 Å². The van der Waals surface area contributed by atoms with E-state index in [0.717, 1.165) is 5.69 Å². The summed E-state index contributed by atoms with van der Waals surface area (Å²) < 4.78 is 33.3. The van der Waals surface area contributed by atoms with Crippen LogP contribution in [0.2, 0.25) is 0 Å². The first-order valence-electron chi connectivity index (χ1n) is 13.9. The highest BCUT2D eigenvalue weighted by atomic mass is 19.1. The van der Waals surface area contributed by atoms with Gasteiger partial charge in [-0.25, -0.2) is 19.2 Å². The molecule has 1 aliphatic heterocycles. The van der Waals surface area contributed by atoms with Gasteiger partial charge in [-0.15, -0.1) is 0 Å². The van der Waals surface area contributed by atoms with E-state index in [1.54, 1.807) is 30.3 Å². The van der Waals surface area contributed by atoms with Crippen LogP contribution >= 0.6 is 0 Å². The van der Waals surface area contributed by atoms with Crippen molar-refractivity contribution >= 4 is 39.5 Å². The Morgan fingerprint density at radius 3 is 2.44 bits per heavy atom. The molecule has 43 heavy (non-hydrogen) atoms. The summed E-state index contributed by atoms with van der Waals surface area (Å²) in [5, 5.41) is 5.14. The second-order valence-corrected chi connectivity index (χ2v) is 11.8. The Hall–Kier alpha value is -4.52. The minimum atomic E-state index is -0.760. The lowest BCUT2D eigenvalue weighted by Crippen LogP contribution is -2.59. The minimum absolute atomic E-state index is 0.0141. The van der Waals surface area contributed by atoms with Crippen LogP contribution in [0.15, 0.2) is 30.5 Å². The molecule has 2 amide bonds. The number of hydrogen-bond donors (Lipinski definition) is 1. The molecule has 2 aromatic carbocycles. The van der Waals surface area contributed by atoms with Gasteiger partial charge in [-0.2, -0.15) is 5.10 Å². The molecule has 0 saturated carbocycles. The van der Waals surface area contributed by atoms with E-state index in [-0.39, 0.29) is 53.3 Å². The molecule has 3 heterocycles. The number of ether oxygens (including phenoxy) is 3. The van der Waals surface area contributed by atoms with Crippen LogP contribution in [0, 0.1) is 5.82 Å². The standard InChI is InChI=1S/C30H36FN7O5/c1-16-12-37(13-17(2)38(16)29(40)43-30(3,4)5)19-8-9-22-20(11-19)25(27(32)39)34-28(33-22)21-10-18-14-36(6)35-24(18)23(31)26(21)42-15-41-7/h8-11,14,16-17H,12-13,15H2,1-7H3,(H2,32,39)/t16-,17+. The number of rotatable bonds is 6. The Bertz CT molecular complexity index is 1710. The third-order valence-electron chi connectivity index (χ3n) is 7.17. The van der Waals surface area contributed by atoms with Gasteiger partial charge in [0, 0.05) is 49.9 Å². The van der Waals surface area contributed by atoms with Crippen molar-refractivity contribution in [2.45, 2.75) is 52.3 Å². The molecular weight excluding hydrogens is 557 g/mol. The van der Waals surface area contributed by atoms with Crippen molar-refractivity contribution in [3.05, 3.63) is 42.0 Å². The van der Waals surface area contributed by atoms with Crippen LogP contribution in [-0.2, 0) is 16.5 Å². The third-order valence-corrected chi connectivity index (χ3v) is 7.17. The molecule has 0 spiro atoms. The first kappa shape index (κ1) is 30.0. The van der Waals surface area contributed by atoms with Crippen LogP contribution in [0.5, 0.6) is 5.75 Å². The largest absolute Gasteiger partial charge is 0.464 e. The fourth-order valence-corrected chi connectivity index (χ4v) is 5.48. The van der Waals surface area contributed by atoms with Gasteiger partial charge in [-0.05, 0) is 58.9 Å². The van der Waals surface area contributed by atoms with Crippen molar-refractivity contribution in [1.29, 1.82) is 0 Å². The van der Waals surface area contributed by atoms with Crippen molar-refractivity contribution in [1.82, 2.24) is 24.6 Å². The van der Waals surface area contributed by atoms with Crippen LogP contribution in [0.1, 0.15) is 45.1 Å². The predicted molar refractivity (Wildman–Crippen MR) is 159 cm³/mol. The molecule has 5 rings (SSSR count). The number of aromatic nitrogens is 4. The molecule has 0 bridgehead atoms. The number of piperazine rings is 1. The lowest BCUT2D eigenvalue weighted by Gasteiger charge is -2.45. The molecule has 0 unspecified atom stereocenters. The normalized spacial score (nSPS) is 17.5. The number of hydrogen-bond acceptors (Lipinski definition) is 9. The summed E-state index contributed by atoms with van der Waals surface area (Å²) in [4.78, 5) is 38.6. The van der Waals surface area contributed by atoms with Crippen LogP contribution in [0.4, 0.5) is 14.9 Å². The average molecular weight is 594 g/mol. The lowest BCUT2D eigenvalue weighted by molar-refractivity contribution is 0.00564. The molecule has 228 valence electrons. The Morgan fingerprint density at radius 1 is 1.12 bits per heavy atom. The summed E-state index contributed by atoms with van der Waals surface area (Å²) in [5.74, 6) is -1.54. The monoisotopic (exact) mass is 593 g/mol. The predicted octanol–water partition coefficient (Wildman–Crippen LogP) is 4.24. The molecule has 0 aliphatic carbocycles. The highest BCUT2D eigenvalue weighted by Crippen LogP contribution is 2.37. The van der Waals surface area contributed by atoms with E-state index >= 15 is 4.39 Å². The Morgan fingerprint density at radius 2 is 1.81 bits per heavy atom. The van der Waals surface area contributed by atoms with E-state index in [0.29, 0.717) is 29.4 Å². The van der Waals surface area contributed by atoms with E-state index in [4.69, 9.17) is 19.9 Å². The molecule has 13 heteroatoms. The van der Waals surface area contributed by atoms with Crippen molar-refractivity contribution < 1.29 is 28.2 Å². The van der Waals surface area contributed by atoms with Gasteiger partial charge in [0.25, 0.3) is 5.91 Å². The number of anilines is 1. The van der Waals surface area contributed by atoms with Crippen LogP contribution in [0.25, 0.3) is 33.2 Å². The molecule has 2 atom stereocenters. The summed E-state index contributed by atoms with van der Waals surface area (Å²) in [6.45, 7) is 10.3. The summed E-state index contributed by atoms with van der Waals surface area (Å²) in [6.07, 6.45) is 1.31. The first-order chi connectivity index (χ1) is 20.3. The second-order valence-electron chi connectivity index (χ2n) is 11.8. The molecule has 1 aliphatic rings. The summed E-state index contributed by atoms with van der Waals surface area (Å²) >= 11 is 0. The number of carbonyl (C=O) groups excluding carboxylic acids is 2. The van der Waals surface area contributed by atoms with Gasteiger partial charge in [0.05, 0.1) is 23.2 Å². The maximum Gasteiger partial charge on any atom is 0.410 e. The molecular formula is C30H36FN7O5. The van der Waals surface area contributed by atoms with E-state index in [1.807, 2.05) is 46.8 Å². The summed E-state index contributed by atoms with van der Waals surface area (Å²) in [6, 6.07) is 6.86. The number of nitrogens with zero attached hydrogens (tertiary/aromatic N) is 6. The maximum absolute atomic E-state index is 15.6. The lowest BCUT2D eigenvalue weighted by atomic mass is 10.1. The molecule has 1 fully saturated rings. The Labute approximate surface area is 248 Å². The second kappa shape index (κ2) is 11.3. The van der Waals surface area contributed by atoms with Crippen molar-refractivity contribution in [2.24, 2.45) is 12.8 Å². The van der Waals surface area contributed by atoms with Crippen LogP contribution in [-0.4, -0.2) is 81.3 Å². The number of primary amides is 1. The fraction of sp³-hybridized carbons (Fsp3) is 0.433. The number of fused-ring (bicyclic) bond motifs is 2. The number of halogens is 1. The van der Waals surface area contributed by atoms with Gasteiger partial charge < -0.3 is 24.8 Å². The Balaban J connectivity index is 1.54. The number of amides is 2. The van der Waals surface area contributed by atoms with Crippen LogP contribution < -0.4 is 15.4 Å². The molecule has 0 radical (unpaired) electrons. The zero-order valence-corrected chi connectivity index (χ0v) is 25.3. The van der Waals surface area contributed by atoms with Gasteiger partial charge in [-0.3, -0.25) is 14.4 Å². The quantitative estimate of drug-likeness (QED) is 0.325. The SMILES string of the molecule is COCOc1c(-c2nc(C(N)=O)c3cc(N4C[C@@H](C)N(C(=O)OC(C)(C)C)[C@@H](C)C4)ccc3n2)cc2cn(C)nc2c1F. The summed E-state index contributed by atoms with van der Waals surface area (Å²) in [7, 11) is 3.11. The fourth-order valence-electron chi connectivity index (χ4n) is 5.48. The smallest absolute Gasteiger partial charge is 0.410 e. The van der Waals surface area contributed by atoms with Gasteiger partial charge in [0.1, 0.15) is 16.8 Å². The highest BCUT2D eigenvalue weighted by Gasteiger charge is 2.36. The number of carbonyl (C=O) groups is 2. The highest BCUT2D eigenvalue weighted by molar-refractivity contribution is 6.05. The maximum atomic E-state index is 15.6. The zero-order valence-electron chi connectivity index (χ0n) is 25.3. The van der Waals surface area contributed by atoms with Crippen molar-refractivity contribution in [3.63, 3.8) is 0 Å². The first-order valence-corrected chi connectivity index (χ1v) is 13.9. The van der Waals surface area contributed by atoms with Gasteiger partial charge in [-0.1, -0.05) is 0 Å². The van der Waals surface area contributed by atoms with E-state index < -0.39 is 17.3 Å². The molecule has 2 aromatic heterocycles. The third kappa shape index (κ3) is 5.89. The Kier molecular flexibility index (Phi) is 7.86. The summed E-state index contributed by atoms with van der Waals surface area (Å²) in [5.41, 5.74) is 6.80. The van der Waals surface area contributed by atoms with Gasteiger partial charge in [0.2, 0.25) is 0 Å². The number of aryl methyl sites for hydroxylation is 1. The number of methoxy groups -OCH3 is 1. The van der Waals surface area contributed by atoms with Gasteiger partial charge in [0.15, 0.2) is 24.2 Å². The van der Waals surface area contributed by atoms with Crippen molar-refractivity contribution in [2.75, 3.05) is 31.9 Å². The minimum Gasteiger partial charge on any atom is -0.464 e. The van der Waals surface area contributed by atoms with E-state index in [2.05, 4.69) is 20.0 Å². The molecule has 12 nitrogen and oxygen atoms in total. The molecule has 4 aromatic rings. The molecule has 2 N–H and O–H groups in total. The van der Waals surface area contributed by atoms with Crippen molar-refractivity contribution in [3.8, 4) is 17.1 Å².